The number of anilines is 1. The number of hydrogen-bond donors (Lipinski definition) is 1. The third-order valence-corrected chi connectivity index (χ3v) is 5.39. The van der Waals surface area contributed by atoms with Crippen molar-refractivity contribution in [3.8, 4) is 5.75 Å². The fourth-order valence-corrected chi connectivity index (χ4v) is 3.59. The second kappa shape index (κ2) is 10.5. The van der Waals surface area contributed by atoms with Crippen molar-refractivity contribution < 1.29 is 14.3 Å². The topological polar surface area (TPSA) is 71.5 Å². The highest BCUT2D eigenvalue weighted by Gasteiger charge is 2.15. The van der Waals surface area contributed by atoms with Crippen molar-refractivity contribution in [2.45, 2.75) is 10.6 Å². The molecule has 0 atom stereocenters. The van der Waals surface area contributed by atoms with Crippen molar-refractivity contribution in [3.63, 3.8) is 0 Å². The van der Waals surface area contributed by atoms with Gasteiger partial charge >= 0.3 is 0 Å². The average molecular weight is 422 g/mol. The van der Waals surface area contributed by atoms with Crippen LogP contribution in [0.1, 0.15) is 15.9 Å². The number of carbonyl (C=O) groups excluding carboxylic acids is 2. The summed E-state index contributed by atoms with van der Waals surface area (Å²) in [5, 5.41) is 2.77. The number of nitrogens with zero attached hydrogens (tertiary/aromatic N) is 2. The van der Waals surface area contributed by atoms with Gasteiger partial charge in [-0.2, -0.15) is 0 Å². The highest BCUT2D eigenvalue weighted by atomic mass is 32.2. The molecular formula is C23H23N3O3S. The fraction of sp³-hybridized carbons (Fsp3) is 0.174. The van der Waals surface area contributed by atoms with Gasteiger partial charge in [-0.1, -0.05) is 12.1 Å². The van der Waals surface area contributed by atoms with E-state index in [1.54, 1.807) is 68.5 Å². The van der Waals surface area contributed by atoms with E-state index in [2.05, 4.69) is 10.3 Å². The molecule has 6 nitrogen and oxygen atoms in total. The van der Waals surface area contributed by atoms with Crippen molar-refractivity contribution >= 4 is 29.3 Å². The predicted octanol–water partition coefficient (Wildman–Crippen LogP) is 4.09. The first-order valence-electron chi connectivity index (χ1n) is 9.36. The molecule has 3 aromatic rings. The largest absolute Gasteiger partial charge is 0.497 e. The molecule has 0 saturated heterocycles. The maximum absolute atomic E-state index is 12.6. The van der Waals surface area contributed by atoms with Crippen LogP contribution in [0.25, 0.3) is 0 Å². The van der Waals surface area contributed by atoms with Gasteiger partial charge in [0.1, 0.15) is 5.75 Å². The van der Waals surface area contributed by atoms with Crippen LogP contribution in [0.3, 0.4) is 0 Å². The molecule has 0 aliphatic heterocycles. The van der Waals surface area contributed by atoms with E-state index in [0.29, 0.717) is 17.0 Å². The molecule has 0 fully saturated rings. The maximum atomic E-state index is 12.6. The number of amides is 2. The molecule has 0 aliphatic carbocycles. The van der Waals surface area contributed by atoms with E-state index in [1.165, 1.54) is 4.90 Å². The summed E-state index contributed by atoms with van der Waals surface area (Å²) < 4.78 is 5.14. The highest BCUT2D eigenvalue weighted by Crippen LogP contribution is 2.23. The smallest absolute Gasteiger partial charge is 0.254 e. The number of hydrogen-bond acceptors (Lipinski definition) is 5. The van der Waals surface area contributed by atoms with Gasteiger partial charge in [-0.15, -0.1) is 11.8 Å². The molecule has 7 heteroatoms. The van der Waals surface area contributed by atoms with Gasteiger partial charge in [-0.25, -0.2) is 0 Å². The highest BCUT2D eigenvalue weighted by molar-refractivity contribution is 7.98. The first kappa shape index (κ1) is 21.4. The number of likely N-dealkylation sites (N-methyl/N-ethyl adjacent to an activating group) is 1. The molecule has 0 radical (unpaired) electrons. The van der Waals surface area contributed by atoms with Crippen molar-refractivity contribution in [2.75, 3.05) is 26.0 Å². The van der Waals surface area contributed by atoms with Crippen molar-refractivity contribution in [3.05, 3.63) is 84.2 Å². The Morgan fingerprint density at radius 3 is 2.60 bits per heavy atom. The monoisotopic (exact) mass is 421 g/mol. The summed E-state index contributed by atoms with van der Waals surface area (Å²) in [5.74, 6) is 0.979. The minimum atomic E-state index is -0.275. The van der Waals surface area contributed by atoms with Gasteiger partial charge < -0.3 is 15.0 Å². The number of thioether (sulfide) groups is 1. The Morgan fingerprint density at radius 2 is 1.90 bits per heavy atom. The van der Waals surface area contributed by atoms with E-state index in [4.69, 9.17) is 4.74 Å². The SMILES string of the molecule is COc1cccc(NC(=O)CN(C)C(=O)c2ccc(SCc3cccnc3)cc2)c1. The number of aromatic nitrogens is 1. The van der Waals surface area contributed by atoms with Crippen LogP contribution < -0.4 is 10.1 Å². The number of carbonyl (C=O) groups is 2. The summed E-state index contributed by atoms with van der Waals surface area (Å²) in [6.07, 6.45) is 3.60. The Bertz CT molecular complexity index is 994. The summed E-state index contributed by atoms with van der Waals surface area (Å²) in [5.41, 5.74) is 2.30. The molecule has 0 spiro atoms. The summed E-state index contributed by atoms with van der Waals surface area (Å²) >= 11 is 1.68. The number of ether oxygens (including phenoxy) is 1. The number of methoxy groups -OCH3 is 1. The lowest BCUT2D eigenvalue weighted by atomic mass is 10.2. The van der Waals surface area contributed by atoms with Crippen LogP contribution in [0.2, 0.25) is 0 Å². The lowest BCUT2D eigenvalue weighted by Gasteiger charge is -2.17. The van der Waals surface area contributed by atoms with E-state index < -0.39 is 0 Å². The molecule has 0 saturated carbocycles. The second-order valence-corrected chi connectivity index (χ2v) is 7.66. The van der Waals surface area contributed by atoms with Gasteiger partial charge in [0.2, 0.25) is 5.91 Å². The molecule has 2 aromatic carbocycles. The third-order valence-electron chi connectivity index (χ3n) is 4.31. The summed E-state index contributed by atoms with van der Waals surface area (Å²) in [4.78, 5) is 31.5. The second-order valence-electron chi connectivity index (χ2n) is 6.62. The van der Waals surface area contributed by atoms with Crippen molar-refractivity contribution in [1.29, 1.82) is 0 Å². The molecule has 2 amide bonds. The lowest BCUT2D eigenvalue weighted by molar-refractivity contribution is -0.116. The number of rotatable bonds is 8. The van der Waals surface area contributed by atoms with Crippen molar-refractivity contribution in [2.24, 2.45) is 0 Å². The Balaban J connectivity index is 1.52. The molecule has 1 N–H and O–H groups in total. The van der Waals surface area contributed by atoms with Gasteiger partial charge in [-0.3, -0.25) is 14.6 Å². The summed E-state index contributed by atoms with van der Waals surface area (Å²) in [7, 11) is 3.18. The zero-order valence-electron chi connectivity index (χ0n) is 16.9. The number of pyridine rings is 1. The van der Waals surface area contributed by atoms with E-state index >= 15 is 0 Å². The molecule has 1 heterocycles. The minimum Gasteiger partial charge on any atom is -0.497 e. The van der Waals surface area contributed by atoms with Crippen LogP contribution in [0.4, 0.5) is 5.69 Å². The Morgan fingerprint density at radius 1 is 1.10 bits per heavy atom. The van der Waals surface area contributed by atoms with E-state index in [-0.39, 0.29) is 18.4 Å². The summed E-state index contributed by atoms with van der Waals surface area (Å²) in [6, 6.07) is 18.4. The first-order valence-corrected chi connectivity index (χ1v) is 10.3. The maximum Gasteiger partial charge on any atom is 0.254 e. The quantitative estimate of drug-likeness (QED) is 0.555. The first-order chi connectivity index (χ1) is 14.5. The number of nitrogens with one attached hydrogen (secondary N) is 1. The van der Waals surface area contributed by atoms with Gasteiger partial charge in [0.05, 0.1) is 13.7 Å². The van der Waals surface area contributed by atoms with Crippen LogP contribution in [0, 0.1) is 0 Å². The predicted molar refractivity (Wildman–Crippen MR) is 119 cm³/mol. The van der Waals surface area contributed by atoms with Crippen LogP contribution in [0.15, 0.2) is 78.0 Å². The molecular weight excluding hydrogens is 398 g/mol. The van der Waals surface area contributed by atoms with Gasteiger partial charge in [0, 0.05) is 47.4 Å². The standard InChI is InChI=1S/C23H23N3O3S/c1-26(15-22(27)25-19-6-3-7-20(13-19)29-2)23(28)18-8-10-21(11-9-18)30-16-17-5-4-12-24-14-17/h3-14H,15-16H2,1-2H3,(H,25,27). The minimum absolute atomic E-state index is 0.0481. The van der Waals surface area contributed by atoms with E-state index in [0.717, 1.165) is 16.2 Å². The van der Waals surface area contributed by atoms with Crippen LogP contribution in [-0.2, 0) is 10.5 Å². The van der Waals surface area contributed by atoms with Crippen LogP contribution in [0.5, 0.6) is 5.75 Å². The van der Waals surface area contributed by atoms with Crippen LogP contribution in [-0.4, -0.2) is 42.4 Å². The average Bonchev–Trinajstić information content (AvgIpc) is 2.78. The van der Waals surface area contributed by atoms with Gasteiger partial charge in [0.25, 0.3) is 5.91 Å². The molecule has 154 valence electrons. The van der Waals surface area contributed by atoms with Gasteiger partial charge in [0.15, 0.2) is 0 Å². The van der Waals surface area contributed by atoms with Gasteiger partial charge in [-0.05, 0) is 48.0 Å². The molecule has 0 unspecified atom stereocenters. The number of benzene rings is 2. The Kier molecular flexibility index (Phi) is 7.45. The Hall–Kier alpha value is -3.32. The van der Waals surface area contributed by atoms with Crippen molar-refractivity contribution in [1.82, 2.24) is 9.88 Å². The molecule has 30 heavy (non-hydrogen) atoms. The van der Waals surface area contributed by atoms with E-state index in [9.17, 15) is 9.59 Å². The van der Waals surface area contributed by atoms with Crippen LogP contribution >= 0.6 is 11.8 Å². The normalized spacial score (nSPS) is 10.3. The zero-order valence-corrected chi connectivity index (χ0v) is 17.7. The van der Waals surface area contributed by atoms with E-state index in [1.807, 2.05) is 30.5 Å². The third kappa shape index (κ3) is 6.09. The molecule has 0 aliphatic rings. The molecule has 0 bridgehead atoms. The molecule has 1 aromatic heterocycles. The zero-order chi connectivity index (χ0) is 21.3. The molecule has 3 rings (SSSR count). The fourth-order valence-electron chi connectivity index (χ4n) is 2.75. The summed E-state index contributed by atoms with van der Waals surface area (Å²) in [6.45, 7) is -0.0481. The lowest BCUT2D eigenvalue weighted by Crippen LogP contribution is -2.34. The Labute approximate surface area is 180 Å².